The number of para-hydroxylation sites is 1. The Kier molecular flexibility index (Phi) is 5.06. The van der Waals surface area contributed by atoms with Gasteiger partial charge in [-0.1, -0.05) is 39.2 Å². The summed E-state index contributed by atoms with van der Waals surface area (Å²) in [7, 11) is 1.60. The molecule has 3 aromatic rings. The summed E-state index contributed by atoms with van der Waals surface area (Å²) in [6.07, 6.45) is 0. The summed E-state index contributed by atoms with van der Waals surface area (Å²) in [5.74, 6) is 0.856. The van der Waals surface area contributed by atoms with Gasteiger partial charge in [0.05, 0.1) is 12.7 Å². The number of nitrogens with one attached hydrogen (secondary N) is 2. The zero-order valence-corrected chi connectivity index (χ0v) is 17.7. The molecule has 8 nitrogen and oxygen atoms in total. The number of aryl methyl sites for hydroxylation is 1. The number of aromatic nitrogens is 4. The molecule has 0 aliphatic carbocycles. The third kappa shape index (κ3) is 3.49. The van der Waals surface area contributed by atoms with E-state index in [9.17, 15) is 4.79 Å². The van der Waals surface area contributed by atoms with Gasteiger partial charge in [0.1, 0.15) is 11.8 Å². The van der Waals surface area contributed by atoms with Crippen LogP contribution in [0.2, 0.25) is 0 Å². The Hall–Kier alpha value is -3.20. The Labute approximate surface area is 176 Å². The van der Waals surface area contributed by atoms with Crippen LogP contribution in [-0.4, -0.2) is 33.2 Å². The summed E-state index contributed by atoms with van der Waals surface area (Å²) < 4.78 is 8.01. The summed E-state index contributed by atoms with van der Waals surface area (Å²) in [6, 6.07) is 12.7. The van der Waals surface area contributed by atoms with Crippen LogP contribution < -0.4 is 15.4 Å². The number of hydrogen-bond donors (Lipinski definition) is 2. The van der Waals surface area contributed by atoms with Crippen molar-refractivity contribution in [2.45, 2.75) is 19.9 Å². The van der Waals surface area contributed by atoms with Crippen LogP contribution >= 0.6 is 15.9 Å². The Morgan fingerprint density at radius 1 is 1.24 bits per heavy atom. The highest BCUT2D eigenvalue weighted by Gasteiger charge is 2.36. The van der Waals surface area contributed by atoms with Crippen molar-refractivity contribution in [1.29, 1.82) is 0 Å². The molecule has 1 aliphatic rings. The summed E-state index contributed by atoms with van der Waals surface area (Å²) in [4.78, 5) is 13.4. The van der Waals surface area contributed by atoms with Gasteiger partial charge < -0.3 is 15.4 Å². The molecule has 1 atom stereocenters. The van der Waals surface area contributed by atoms with E-state index in [1.807, 2.05) is 56.3 Å². The van der Waals surface area contributed by atoms with Gasteiger partial charge in [-0.05, 0) is 54.1 Å². The van der Waals surface area contributed by atoms with Crippen LogP contribution in [0.25, 0.3) is 0 Å². The largest absolute Gasteiger partial charge is 0.496 e. The molecule has 0 unspecified atom stereocenters. The molecule has 1 amide bonds. The van der Waals surface area contributed by atoms with E-state index >= 15 is 0 Å². The third-order valence-corrected chi connectivity index (χ3v) is 5.33. The molecule has 0 spiro atoms. The molecule has 0 bridgehead atoms. The first-order chi connectivity index (χ1) is 14.0. The fourth-order valence-corrected chi connectivity index (χ4v) is 3.79. The minimum absolute atomic E-state index is 0.238. The van der Waals surface area contributed by atoms with Crippen molar-refractivity contribution in [1.82, 2.24) is 20.2 Å². The van der Waals surface area contributed by atoms with E-state index in [1.54, 1.807) is 11.8 Å². The maximum atomic E-state index is 13.4. The number of rotatable bonds is 4. The molecule has 1 aromatic heterocycles. The standard InChI is InChI=1S/C20H19BrN6O2/c1-11-6-4-5-7-15(11)23-19(28)17-12(2)22-20-24-25-26-27(20)18(17)14-10-13(21)8-9-16(14)29-3/h4-10,18H,1-3H3,(H,23,28)(H,22,24,26)/t18-/m1/s1. The van der Waals surface area contributed by atoms with Crippen LogP contribution in [-0.2, 0) is 4.79 Å². The number of amides is 1. The van der Waals surface area contributed by atoms with Crippen molar-refractivity contribution < 1.29 is 9.53 Å². The molecule has 2 N–H and O–H groups in total. The number of methoxy groups -OCH3 is 1. The molecule has 148 valence electrons. The van der Waals surface area contributed by atoms with Crippen LogP contribution in [0.4, 0.5) is 11.6 Å². The van der Waals surface area contributed by atoms with E-state index in [0.717, 1.165) is 21.3 Å². The molecular weight excluding hydrogens is 436 g/mol. The number of anilines is 2. The van der Waals surface area contributed by atoms with Crippen molar-refractivity contribution in [2.24, 2.45) is 0 Å². The van der Waals surface area contributed by atoms with E-state index in [0.29, 0.717) is 23.0 Å². The molecule has 0 fully saturated rings. The smallest absolute Gasteiger partial charge is 0.255 e. The number of nitrogens with zero attached hydrogens (tertiary/aromatic N) is 4. The van der Waals surface area contributed by atoms with Gasteiger partial charge in [-0.3, -0.25) is 4.79 Å². The number of carbonyl (C=O) groups is 1. The van der Waals surface area contributed by atoms with Crippen LogP contribution in [0.3, 0.4) is 0 Å². The molecule has 29 heavy (non-hydrogen) atoms. The Morgan fingerprint density at radius 3 is 2.79 bits per heavy atom. The van der Waals surface area contributed by atoms with E-state index in [1.165, 1.54) is 0 Å². The lowest BCUT2D eigenvalue weighted by Crippen LogP contribution is -2.32. The first-order valence-corrected chi connectivity index (χ1v) is 9.75. The zero-order chi connectivity index (χ0) is 20.5. The van der Waals surface area contributed by atoms with Gasteiger partial charge in [0.15, 0.2) is 0 Å². The number of benzene rings is 2. The molecule has 0 saturated carbocycles. The minimum atomic E-state index is -0.558. The second-order valence-corrected chi connectivity index (χ2v) is 7.58. The molecule has 0 radical (unpaired) electrons. The number of fused-ring (bicyclic) bond motifs is 1. The highest BCUT2D eigenvalue weighted by Crippen LogP contribution is 2.40. The zero-order valence-electron chi connectivity index (χ0n) is 16.1. The Balaban J connectivity index is 1.84. The van der Waals surface area contributed by atoms with E-state index < -0.39 is 6.04 Å². The fourth-order valence-electron chi connectivity index (χ4n) is 3.42. The Morgan fingerprint density at radius 2 is 2.03 bits per heavy atom. The predicted molar refractivity (Wildman–Crippen MR) is 113 cm³/mol. The van der Waals surface area contributed by atoms with Gasteiger partial charge in [0.25, 0.3) is 5.91 Å². The molecule has 9 heteroatoms. The van der Waals surface area contributed by atoms with Crippen LogP contribution in [0, 0.1) is 6.92 Å². The summed E-state index contributed by atoms with van der Waals surface area (Å²) >= 11 is 3.51. The number of ether oxygens (including phenoxy) is 1. The number of tetrazole rings is 1. The topological polar surface area (TPSA) is 94.0 Å². The second kappa shape index (κ2) is 7.67. The van der Waals surface area contributed by atoms with Crippen molar-refractivity contribution in [2.75, 3.05) is 17.7 Å². The van der Waals surface area contributed by atoms with Crippen LogP contribution in [0.15, 0.2) is 58.2 Å². The van der Waals surface area contributed by atoms with Crippen molar-refractivity contribution in [3.63, 3.8) is 0 Å². The van der Waals surface area contributed by atoms with Gasteiger partial charge in [0.2, 0.25) is 5.95 Å². The first-order valence-electron chi connectivity index (χ1n) is 8.95. The van der Waals surface area contributed by atoms with Crippen molar-refractivity contribution in [3.05, 3.63) is 69.3 Å². The van der Waals surface area contributed by atoms with E-state index in [2.05, 4.69) is 42.1 Å². The lowest BCUT2D eigenvalue weighted by atomic mass is 9.94. The van der Waals surface area contributed by atoms with E-state index in [-0.39, 0.29) is 5.91 Å². The van der Waals surface area contributed by atoms with Gasteiger partial charge >= 0.3 is 0 Å². The number of allylic oxidation sites excluding steroid dienone is 1. The molecule has 1 aliphatic heterocycles. The van der Waals surface area contributed by atoms with Crippen LogP contribution in [0.1, 0.15) is 24.1 Å². The quantitative estimate of drug-likeness (QED) is 0.624. The molecule has 4 rings (SSSR count). The van der Waals surface area contributed by atoms with Crippen molar-refractivity contribution in [3.8, 4) is 5.75 Å². The average molecular weight is 455 g/mol. The maximum absolute atomic E-state index is 13.4. The SMILES string of the molecule is COc1ccc(Br)cc1[C@@H]1C(C(=O)Nc2ccccc2C)=C(C)Nc2nnnn21. The Bertz CT molecular complexity index is 1120. The summed E-state index contributed by atoms with van der Waals surface area (Å²) in [5.41, 5.74) is 3.67. The summed E-state index contributed by atoms with van der Waals surface area (Å²) in [5, 5.41) is 18.0. The van der Waals surface area contributed by atoms with Gasteiger partial charge in [0, 0.05) is 21.4 Å². The number of carbonyl (C=O) groups excluding carboxylic acids is 1. The number of halogens is 1. The van der Waals surface area contributed by atoms with Crippen molar-refractivity contribution >= 4 is 33.5 Å². The fraction of sp³-hybridized carbons (Fsp3) is 0.200. The average Bonchev–Trinajstić information content (AvgIpc) is 3.16. The highest BCUT2D eigenvalue weighted by molar-refractivity contribution is 9.10. The predicted octanol–water partition coefficient (Wildman–Crippen LogP) is 3.68. The third-order valence-electron chi connectivity index (χ3n) is 4.84. The normalized spacial score (nSPS) is 15.5. The lowest BCUT2D eigenvalue weighted by Gasteiger charge is -2.29. The van der Waals surface area contributed by atoms with Gasteiger partial charge in [-0.2, -0.15) is 4.68 Å². The lowest BCUT2D eigenvalue weighted by molar-refractivity contribution is -0.113. The minimum Gasteiger partial charge on any atom is -0.496 e. The molecule has 0 saturated heterocycles. The maximum Gasteiger partial charge on any atom is 0.255 e. The van der Waals surface area contributed by atoms with Gasteiger partial charge in [-0.15, -0.1) is 0 Å². The van der Waals surface area contributed by atoms with E-state index in [4.69, 9.17) is 4.74 Å². The molecule has 2 aromatic carbocycles. The highest BCUT2D eigenvalue weighted by atomic mass is 79.9. The van der Waals surface area contributed by atoms with Crippen LogP contribution in [0.5, 0.6) is 5.75 Å². The monoisotopic (exact) mass is 454 g/mol. The number of hydrogen-bond acceptors (Lipinski definition) is 6. The second-order valence-electron chi connectivity index (χ2n) is 6.67. The summed E-state index contributed by atoms with van der Waals surface area (Å²) in [6.45, 7) is 3.78. The first kappa shape index (κ1) is 19.1. The molecule has 2 heterocycles. The molecular formula is C20H19BrN6O2. The van der Waals surface area contributed by atoms with Gasteiger partial charge in [-0.25, -0.2) is 0 Å².